The van der Waals surface area contributed by atoms with Crippen molar-refractivity contribution in [2.45, 2.75) is 19.8 Å². The van der Waals surface area contributed by atoms with Crippen LogP contribution in [-0.2, 0) is 0 Å². The first-order valence-corrected chi connectivity index (χ1v) is 5.22. The minimum Gasteiger partial charge on any atom is -0.495 e. The third-order valence-electron chi connectivity index (χ3n) is 2.26. The van der Waals surface area contributed by atoms with E-state index in [4.69, 9.17) is 21.6 Å². The van der Waals surface area contributed by atoms with E-state index in [0.717, 1.165) is 5.56 Å². The maximum absolute atomic E-state index is 11.7. The molecular formula is C12H12ClNO2. The summed E-state index contributed by atoms with van der Waals surface area (Å²) in [5.74, 6) is 0.486. The summed E-state index contributed by atoms with van der Waals surface area (Å²) < 4.78 is 5.05. The van der Waals surface area contributed by atoms with Gasteiger partial charge >= 0.3 is 0 Å². The molecule has 0 atom stereocenters. The number of hydrogen-bond donors (Lipinski definition) is 0. The Kier molecular flexibility index (Phi) is 4.33. The van der Waals surface area contributed by atoms with E-state index in [-0.39, 0.29) is 18.6 Å². The SMILES string of the molecule is COc1cc(C)c(C(=O)CCC#N)cc1Cl. The molecule has 0 bridgehead atoms. The average Bonchev–Trinajstić information content (AvgIpc) is 2.28. The van der Waals surface area contributed by atoms with Gasteiger partial charge in [-0.05, 0) is 24.6 Å². The number of benzene rings is 1. The molecule has 1 aromatic carbocycles. The lowest BCUT2D eigenvalue weighted by atomic mass is 10.0. The zero-order valence-electron chi connectivity index (χ0n) is 9.21. The van der Waals surface area contributed by atoms with Gasteiger partial charge in [0.2, 0.25) is 0 Å². The molecule has 0 heterocycles. The second-order valence-electron chi connectivity index (χ2n) is 3.38. The molecule has 84 valence electrons. The summed E-state index contributed by atoms with van der Waals surface area (Å²) >= 11 is 5.94. The second kappa shape index (κ2) is 5.53. The standard InChI is InChI=1S/C12H12ClNO2/c1-8-6-12(16-2)10(13)7-9(8)11(15)4-3-5-14/h6-7H,3-4H2,1-2H3. The van der Waals surface area contributed by atoms with E-state index < -0.39 is 0 Å². The molecule has 0 aliphatic carbocycles. The molecule has 1 rings (SSSR count). The number of halogens is 1. The second-order valence-corrected chi connectivity index (χ2v) is 3.79. The Balaban J connectivity index is 3.02. The summed E-state index contributed by atoms with van der Waals surface area (Å²) in [6.45, 7) is 1.82. The molecule has 0 aromatic heterocycles. The minimum atomic E-state index is -0.0661. The Bertz CT molecular complexity index is 449. The van der Waals surface area contributed by atoms with Gasteiger partial charge in [0.05, 0.1) is 18.2 Å². The molecular weight excluding hydrogens is 226 g/mol. The third-order valence-corrected chi connectivity index (χ3v) is 2.56. The zero-order chi connectivity index (χ0) is 12.1. The van der Waals surface area contributed by atoms with Gasteiger partial charge in [0.15, 0.2) is 5.78 Å². The molecule has 3 nitrogen and oxygen atoms in total. The first-order chi connectivity index (χ1) is 7.60. The van der Waals surface area contributed by atoms with Crippen LogP contribution in [0.1, 0.15) is 28.8 Å². The molecule has 4 heteroatoms. The van der Waals surface area contributed by atoms with E-state index in [0.29, 0.717) is 16.3 Å². The lowest BCUT2D eigenvalue weighted by Crippen LogP contribution is -2.02. The van der Waals surface area contributed by atoms with Gasteiger partial charge in [-0.3, -0.25) is 4.79 Å². The first-order valence-electron chi connectivity index (χ1n) is 4.84. The van der Waals surface area contributed by atoms with Gasteiger partial charge in [-0.25, -0.2) is 0 Å². The van der Waals surface area contributed by atoms with Crippen molar-refractivity contribution in [3.8, 4) is 11.8 Å². The minimum absolute atomic E-state index is 0.0661. The Labute approximate surface area is 99.6 Å². The third kappa shape index (κ3) is 2.74. The van der Waals surface area contributed by atoms with Crippen LogP contribution in [0.2, 0.25) is 5.02 Å². The maximum atomic E-state index is 11.7. The van der Waals surface area contributed by atoms with Gasteiger partial charge < -0.3 is 4.74 Å². The normalized spacial score (nSPS) is 9.62. The number of hydrogen-bond acceptors (Lipinski definition) is 3. The fourth-order valence-corrected chi connectivity index (χ4v) is 1.66. The largest absolute Gasteiger partial charge is 0.495 e. The van der Waals surface area contributed by atoms with Gasteiger partial charge in [0.1, 0.15) is 5.75 Å². The molecule has 1 aromatic rings. The highest BCUT2D eigenvalue weighted by atomic mass is 35.5. The van der Waals surface area contributed by atoms with Gasteiger partial charge in [-0.15, -0.1) is 0 Å². The molecule has 0 unspecified atom stereocenters. The van der Waals surface area contributed by atoms with Crippen molar-refractivity contribution >= 4 is 17.4 Å². The highest BCUT2D eigenvalue weighted by Crippen LogP contribution is 2.28. The predicted molar refractivity (Wildman–Crippen MR) is 61.9 cm³/mol. The number of carbonyl (C=O) groups excluding carboxylic acids is 1. The summed E-state index contributed by atoms with van der Waals surface area (Å²) in [6, 6.07) is 5.26. The fraction of sp³-hybridized carbons (Fsp3) is 0.333. The number of rotatable bonds is 4. The summed E-state index contributed by atoms with van der Waals surface area (Å²) in [4.78, 5) is 11.7. The van der Waals surface area contributed by atoms with Crippen LogP contribution in [0.25, 0.3) is 0 Å². The van der Waals surface area contributed by atoms with E-state index in [1.807, 2.05) is 13.0 Å². The number of nitrogens with zero attached hydrogens (tertiary/aromatic N) is 1. The molecule has 0 spiro atoms. The van der Waals surface area contributed by atoms with Crippen LogP contribution in [0.15, 0.2) is 12.1 Å². The van der Waals surface area contributed by atoms with Crippen LogP contribution in [0.4, 0.5) is 0 Å². The van der Waals surface area contributed by atoms with Crippen molar-refractivity contribution in [1.29, 1.82) is 5.26 Å². The molecule has 0 aliphatic heterocycles. The van der Waals surface area contributed by atoms with Crippen molar-refractivity contribution in [1.82, 2.24) is 0 Å². The fourth-order valence-electron chi connectivity index (χ4n) is 1.42. The van der Waals surface area contributed by atoms with Crippen LogP contribution >= 0.6 is 11.6 Å². The van der Waals surface area contributed by atoms with E-state index >= 15 is 0 Å². The molecule has 0 amide bonds. The number of ketones is 1. The van der Waals surface area contributed by atoms with Crippen LogP contribution in [0.5, 0.6) is 5.75 Å². The molecule has 0 saturated heterocycles. The van der Waals surface area contributed by atoms with Crippen LogP contribution in [0, 0.1) is 18.3 Å². The van der Waals surface area contributed by atoms with E-state index in [1.165, 1.54) is 7.11 Å². The quantitative estimate of drug-likeness (QED) is 0.756. The van der Waals surface area contributed by atoms with Crippen molar-refractivity contribution in [3.63, 3.8) is 0 Å². The van der Waals surface area contributed by atoms with Gasteiger partial charge in [0.25, 0.3) is 0 Å². The molecule has 0 radical (unpaired) electrons. The molecule has 0 aliphatic rings. The highest BCUT2D eigenvalue weighted by Gasteiger charge is 2.12. The topological polar surface area (TPSA) is 50.1 Å². The number of Topliss-reactive ketones (excluding diaryl/α,β-unsaturated/α-hetero) is 1. The zero-order valence-corrected chi connectivity index (χ0v) is 9.97. The van der Waals surface area contributed by atoms with Gasteiger partial charge in [-0.1, -0.05) is 11.6 Å². The number of methoxy groups -OCH3 is 1. The molecule has 0 saturated carbocycles. The molecule has 0 fully saturated rings. The number of ether oxygens (including phenoxy) is 1. The lowest BCUT2D eigenvalue weighted by Gasteiger charge is -2.08. The Morgan fingerprint density at radius 1 is 1.56 bits per heavy atom. The van der Waals surface area contributed by atoms with E-state index in [1.54, 1.807) is 12.1 Å². The van der Waals surface area contributed by atoms with Crippen LogP contribution in [0.3, 0.4) is 0 Å². The monoisotopic (exact) mass is 237 g/mol. The van der Waals surface area contributed by atoms with Crippen molar-refractivity contribution in [3.05, 3.63) is 28.3 Å². The van der Waals surface area contributed by atoms with Crippen LogP contribution in [-0.4, -0.2) is 12.9 Å². The summed E-state index contributed by atoms with van der Waals surface area (Å²) in [5.41, 5.74) is 1.37. The smallest absolute Gasteiger partial charge is 0.164 e. The maximum Gasteiger partial charge on any atom is 0.164 e. The number of carbonyl (C=O) groups is 1. The number of aryl methyl sites for hydroxylation is 1. The Morgan fingerprint density at radius 2 is 2.25 bits per heavy atom. The van der Waals surface area contributed by atoms with Crippen molar-refractivity contribution in [2.24, 2.45) is 0 Å². The van der Waals surface area contributed by atoms with Gasteiger partial charge in [0, 0.05) is 18.4 Å². The number of nitriles is 1. The average molecular weight is 238 g/mol. The highest BCUT2D eigenvalue weighted by molar-refractivity contribution is 6.32. The Hall–Kier alpha value is -1.53. The summed E-state index contributed by atoms with van der Waals surface area (Å²) in [5, 5.41) is 8.83. The summed E-state index contributed by atoms with van der Waals surface area (Å²) in [6.07, 6.45) is 0.446. The van der Waals surface area contributed by atoms with Crippen molar-refractivity contribution < 1.29 is 9.53 Å². The van der Waals surface area contributed by atoms with Crippen molar-refractivity contribution in [2.75, 3.05) is 7.11 Å². The first kappa shape index (κ1) is 12.5. The molecule has 0 N–H and O–H groups in total. The molecule has 16 heavy (non-hydrogen) atoms. The van der Waals surface area contributed by atoms with Gasteiger partial charge in [-0.2, -0.15) is 5.26 Å². The summed E-state index contributed by atoms with van der Waals surface area (Å²) in [7, 11) is 1.53. The predicted octanol–water partition coefficient (Wildman–Crippen LogP) is 3.14. The Morgan fingerprint density at radius 3 is 2.81 bits per heavy atom. The lowest BCUT2D eigenvalue weighted by molar-refractivity contribution is 0.0983. The van der Waals surface area contributed by atoms with E-state index in [2.05, 4.69) is 0 Å². The van der Waals surface area contributed by atoms with Crippen LogP contribution < -0.4 is 4.74 Å². The van der Waals surface area contributed by atoms with E-state index in [9.17, 15) is 4.79 Å².